The van der Waals surface area contributed by atoms with Crippen molar-refractivity contribution in [2.24, 2.45) is 5.10 Å². The predicted molar refractivity (Wildman–Crippen MR) is 74.5 cm³/mol. The Kier molecular flexibility index (Phi) is 3.70. The molecule has 0 aliphatic heterocycles. The number of aromatic nitrogens is 3. The zero-order chi connectivity index (χ0) is 13.8. The number of hydrogen-bond donors (Lipinski definition) is 2. The molecule has 0 atom stereocenters. The summed E-state index contributed by atoms with van der Waals surface area (Å²) in [5, 5.41) is 11.5. The lowest BCUT2D eigenvalue weighted by Crippen LogP contribution is -2.15. The van der Waals surface area contributed by atoms with Crippen LogP contribution in [0.3, 0.4) is 0 Å². The molecule has 0 amide bonds. The van der Waals surface area contributed by atoms with Crippen molar-refractivity contribution in [3.63, 3.8) is 0 Å². The summed E-state index contributed by atoms with van der Waals surface area (Å²) in [6.45, 7) is 5.65. The van der Waals surface area contributed by atoms with E-state index in [0.717, 1.165) is 11.1 Å². The average Bonchev–Trinajstić information content (AvgIpc) is 2.36. The fourth-order valence-corrected chi connectivity index (χ4v) is 1.58. The van der Waals surface area contributed by atoms with Crippen LogP contribution in [0.25, 0.3) is 0 Å². The molecule has 1 aromatic heterocycles. The molecule has 98 valence electrons. The Hall–Kier alpha value is -2.50. The number of nitrogens with zero attached hydrogens (tertiary/aromatic N) is 3. The van der Waals surface area contributed by atoms with Crippen molar-refractivity contribution in [1.29, 1.82) is 0 Å². The summed E-state index contributed by atoms with van der Waals surface area (Å²) in [6.07, 6.45) is 1.68. The molecular formula is C13H15N5O. The third kappa shape index (κ3) is 3.25. The van der Waals surface area contributed by atoms with Crippen LogP contribution in [-0.2, 0) is 0 Å². The van der Waals surface area contributed by atoms with Gasteiger partial charge in [-0.1, -0.05) is 23.8 Å². The third-order valence-corrected chi connectivity index (χ3v) is 2.66. The smallest absolute Gasteiger partial charge is 0.274 e. The summed E-state index contributed by atoms with van der Waals surface area (Å²) in [4.78, 5) is 13.8. The molecule has 2 N–H and O–H groups in total. The number of anilines is 1. The molecule has 6 nitrogen and oxygen atoms in total. The van der Waals surface area contributed by atoms with Crippen LogP contribution in [0.5, 0.6) is 0 Å². The van der Waals surface area contributed by atoms with Crippen molar-refractivity contribution in [2.45, 2.75) is 20.8 Å². The number of H-pyrrole nitrogens is 1. The SMILES string of the molecule is Cc1ccc(/C=N\Nc2nnc(C)c(=O)[nH]2)c(C)c1. The van der Waals surface area contributed by atoms with Gasteiger partial charge in [0.05, 0.1) is 6.21 Å². The van der Waals surface area contributed by atoms with Crippen molar-refractivity contribution in [3.05, 3.63) is 50.9 Å². The summed E-state index contributed by atoms with van der Waals surface area (Å²) in [6, 6.07) is 6.08. The Morgan fingerprint density at radius 3 is 2.74 bits per heavy atom. The van der Waals surface area contributed by atoms with E-state index in [4.69, 9.17) is 0 Å². The molecule has 1 heterocycles. The van der Waals surface area contributed by atoms with Gasteiger partial charge in [0.2, 0.25) is 5.95 Å². The molecule has 0 unspecified atom stereocenters. The molecular weight excluding hydrogens is 242 g/mol. The van der Waals surface area contributed by atoms with Gasteiger partial charge >= 0.3 is 0 Å². The summed E-state index contributed by atoms with van der Waals surface area (Å²) >= 11 is 0. The zero-order valence-electron chi connectivity index (χ0n) is 11.1. The van der Waals surface area contributed by atoms with E-state index < -0.39 is 0 Å². The second-order valence-electron chi connectivity index (χ2n) is 4.32. The maximum absolute atomic E-state index is 11.3. The summed E-state index contributed by atoms with van der Waals surface area (Å²) in [5.41, 5.74) is 6.03. The number of aryl methyl sites for hydroxylation is 3. The van der Waals surface area contributed by atoms with E-state index >= 15 is 0 Å². The van der Waals surface area contributed by atoms with Crippen molar-refractivity contribution >= 4 is 12.2 Å². The van der Waals surface area contributed by atoms with Gasteiger partial charge in [0.25, 0.3) is 5.56 Å². The second kappa shape index (κ2) is 5.43. The molecule has 0 saturated heterocycles. The minimum atomic E-state index is -0.279. The lowest BCUT2D eigenvalue weighted by molar-refractivity contribution is 0.897. The molecule has 19 heavy (non-hydrogen) atoms. The summed E-state index contributed by atoms with van der Waals surface area (Å²) < 4.78 is 0. The molecule has 2 aromatic rings. The number of rotatable bonds is 3. The van der Waals surface area contributed by atoms with Crippen LogP contribution in [0.1, 0.15) is 22.4 Å². The van der Waals surface area contributed by atoms with Crippen LogP contribution < -0.4 is 11.0 Å². The third-order valence-electron chi connectivity index (χ3n) is 2.66. The van der Waals surface area contributed by atoms with Crippen LogP contribution in [-0.4, -0.2) is 21.4 Å². The molecule has 0 aliphatic carbocycles. The van der Waals surface area contributed by atoms with E-state index in [2.05, 4.69) is 31.8 Å². The van der Waals surface area contributed by atoms with E-state index in [1.165, 1.54) is 5.56 Å². The van der Waals surface area contributed by atoms with E-state index in [1.807, 2.05) is 26.0 Å². The first-order valence-corrected chi connectivity index (χ1v) is 5.86. The van der Waals surface area contributed by atoms with Crippen LogP contribution in [0.15, 0.2) is 28.1 Å². The van der Waals surface area contributed by atoms with Gasteiger partial charge < -0.3 is 0 Å². The molecule has 0 aliphatic rings. The molecule has 0 bridgehead atoms. The Bertz CT molecular complexity index is 675. The highest BCUT2D eigenvalue weighted by atomic mass is 16.1. The largest absolute Gasteiger partial charge is 0.288 e. The van der Waals surface area contributed by atoms with Gasteiger partial charge in [-0.3, -0.25) is 9.78 Å². The summed E-state index contributed by atoms with van der Waals surface area (Å²) in [5.74, 6) is 0.219. The quantitative estimate of drug-likeness (QED) is 0.645. The van der Waals surface area contributed by atoms with Crippen LogP contribution >= 0.6 is 0 Å². The topological polar surface area (TPSA) is 83.0 Å². The fourth-order valence-electron chi connectivity index (χ4n) is 1.58. The first kappa shape index (κ1) is 12.9. The van der Waals surface area contributed by atoms with Crippen molar-refractivity contribution in [2.75, 3.05) is 5.43 Å². The van der Waals surface area contributed by atoms with Gasteiger partial charge in [-0.2, -0.15) is 5.10 Å². The predicted octanol–water partition coefficient (Wildman–Crippen LogP) is 1.54. The van der Waals surface area contributed by atoms with Gasteiger partial charge in [-0.05, 0) is 31.9 Å². The van der Waals surface area contributed by atoms with Crippen molar-refractivity contribution in [1.82, 2.24) is 15.2 Å². The highest BCUT2D eigenvalue weighted by Crippen LogP contribution is 2.08. The van der Waals surface area contributed by atoms with Gasteiger partial charge in [-0.15, -0.1) is 10.2 Å². The Morgan fingerprint density at radius 2 is 2.05 bits per heavy atom. The van der Waals surface area contributed by atoms with E-state index in [1.54, 1.807) is 13.1 Å². The minimum Gasteiger partial charge on any atom is -0.288 e. The Balaban J connectivity index is 2.11. The minimum absolute atomic E-state index is 0.219. The molecule has 0 fully saturated rings. The molecule has 6 heteroatoms. The number of aromatic amines is 1. The lowest BCUT2D eigenvalue weighted by atomic mass is 10.1. The van der Waals surface area contributed by atoms with Gasteiger partial charge in [0, 0.05) is 0 Å². The zero-order valence-corrected chi connectivity index (χ0v) is 11.1. The molecule has 0 spiro atoms. The number of hydrazone groups is 1. The average molecular weight is 257 g/mol. The molecule has 2 rings (SSSR count). The lowest BCUT2D eigenvalue weighted by Gasteiger charge is -2.01. The highest BCUT2D eigenvalue weighted by molar-refractivity contribution is 5.82. The van der Waals surface area contributed by atoms with Crippen LogP contribution in [0.4, 0.5) is 5.95 Å². The fraction of sp³-hybridized carbons (Fsp3) is 0.231. The standard InChI is InChI=1S/C13H15N5O/c1-8-4-5-11(9(2)6-8)7-14-17-13-15-12(19)10(3)16-18-13/h4-7H,1-3H3,(H2,15,17,18,19)/b14-7-. The van der Waals surface area contributed by atoms with E-state index in [0.29, 0.717) is 5.69 Å². The monoisotopic (exact) mass is 257 g/mol. The van der Waals surface area contributed by atoms with E-state index in [9.17, 15) is 4.79 Å². The van der Waals surface area contributed by atoms with Crippen molar-refractivity contribution in [3.8, 4) is 0 Å². The number of hydrogen-bond acceptors (Lipinski definition) is 5. The Labute approximate surface area is 110 Å². The molecule has 0 saturated carbocycles. The number of nitrogens with one attached hydrogen (secondary N) is 2. The summed E-state index contributed by atoms with van der Waals surface area (Å²) in [7, 11) is 0. The first-order valence-electron chi connectivity index (χ1n) is 5.86. The first-order chi connectivity index (χ1) is 9.06. The second-order valence-corrected chi connectivity index (χ2v) is 4.32. The number of benzene rings is 1. The molecule has 1 aromatic carbocycles. The van der Waals surface area contributed by atoms with Gasteiger partial charge in [0.15, 0.2) is 0 Å². The molecule has 0 radical (unpaired) electrons. The van der Waals surface area contributed by atoms with Crippen LogP contribution in [0.2, 0.25) is 0 Å². The van der Waals surface area contributed by atoms with Crippen molar-refractivity contribution < 1.29 is 0 Å². The Morgan fingerprint density at radius 1 is 1.26 bits per heavy atom. The normalized spacial score (nSPS) is 10.9. The highest BCUT2D eigenvalue weighted by Gasteiger charge is 1.98. The van der Waals surface area contributed by atoms with Crippen LogP contribution in [0, 0.1) is 20.8 Å². The maximum Gasteiger partial charge on any atom is 0.274 e. The van der Waals surface area contributed by atoms with Gasteiger partial charge in [0.1, 0.15) is 5.69 Å². The van der Waals surface area contributed by atoms with E-state index in [-0.39, 0.29) is 11.5 Å². The van der Waals surface area contributed by atoms with Gasteiger partial charge in [-0.25, -0.2) is 5.43 Å². The maximum atomic E-state index is 11.3.